The molecule has 28 heavy (non-hydrogen) atoms. The fraction of sp³-hybridized carbons (Fsp3) is 0.429. The Morgan fingerprint density at radius 2 is 1.86 bits per heavy atom. The molecule has 2 aromatic carbocycles. The first kappa shape index (κ1) is 19.3. The highest BCUT2D eigenvalue weighted by molar-refractivity contribution is 6.30. The molecule has 4 rings (SSSR count). The molecule has 0 saturated carbocycles. The number of anilines is 1. The van der Waals surface area contributed by atoms with E-state index in [2.05, 4.69) is 15.9 Å². The van der Waals surface area contributed by atoms with Crippen LogP contribution in [0.25, 0.3) is 0 Å². The quantitative estimate of drug-likeness (QED) is 0.765. The lowest BCUT2D eigenvalue weighted by atomic mass is 10.2. The number of β-amino-alcohol motifs (C(OH)–C–C–N with tert-alkyl or cyclic N) is 1. The number of rotatable bonds is 7. The largest absolute Gasteiger partial charge is 0.454 e. The molecule has 0 aliphatic carbocycles. The lowest BCUT2D eigenvalue weighted by Crippen LogP contribution is -2.49. The first-order chi connectivity index (χ1) is 13.7. The van der Waals surface area contributed by atoms with Crippen molar-refractivity contribution in [3.63, 3.8) is 0 Å². The van der Waals surface area contributed by atoms with Crippen molar-refractivity contribution in [3.8, 4) is 11.5 Å². The number of hydrogen-bond acceptors (Lipinski definition) is 6. The van der Waals surface area contributed by atoms with Crippen LogP contribution < -0.4 is 14.4 Å². The van der Waals surface area contributed by atoms with Gasteiger partial charge in [-0.3, -0.25) is 4.90 Å². The third-order valence-corrected chi connectivity index (χ3v) is 5.27. The van der Waals surface area contributed by atoms with E-state index in [1.807, 2.05) is 36.4 Å². The van der Waals surface area contributed by atoms with Crippen LogP contribution in [0.3, 0.4) is 0 Å². The second kappa shape index (κ2) is 9.01. The van der Waals surface area contributed by atoms with Crippen LogP contribution >= 0.6 is 11.6 Å². The lowest BCUT2D eigenvalue weighted by molar-refractivity contribution is 0.00911. The van der Waals surface area contributed by atoms with Gasteiger partial charge in [-0.25, -0.2) is 0 Å². The topological polar surface area (TPSA) is 54.4 Å². The summed E-state index contributed by atoms with van der Waals surface area (Å²) in [5.41, 5.74) is 2.16. The summed E-state index contributed by atoms with van der Waals surface area (Å²) in [6.45, 7) is 5.29. The van der Waals surface area contributed by atoms with E-state index in [0.717, 1.165) is 54.0 Å². The maximum absolute atomic E-state index is 10.3. The Morgan fingerprint density at radius 3 is 2.68 bits per heavy atom. The molecule has 0 spiro atoms. The highest BCUT2D eigenvalue weighted by Crippen LogP contribution is 2.32. The van der Waals surface area contributed by atoms with Gasteiger partial charge in [0.05, 0.1) is 19.3 Å². The van der Waals surface area contributed by atoms with Crippen molar-refractivity contribution in [2.75, 3.05) is 51.0 Å². The van der Waals surface area contributed by atoms with Crippen LogP contribution in [0.1, 0.15) is 5.56 Å². The van der Waals surface area contributed by atoms with E-state index in [0.29, 0.717) is 19.8 Å². The number of hydrogen-bond donors (Lipinski definition) is 1. The highest BCUT2D eigenvalue weighted by Gasteiger charge is 2.20. The SMILES string of the molecule is O[C@@H](COCc1ccc2c(c1)OCO2)CN1CCN(c2cccc(Cl)c2)CC1. The fourth-order valence-corrected chi connectivity index (χ4v) is 3.74. The number of fused-ring (bicyclic) bond motifs is 1. The third kappa shape index (κ3) is 4.89. The first-order valence-corrected chi connectivity index (χ1v) is 9.92. The van der Waals surface area contributed by atoms with E-state index >= 15 is 0 Å². The summed E-state index contributed by atoms with van der Waals surface area (Å²) < 4.78 is 16.4. The molecule has 2 heterocycles. The van der Waals surface area contributed by atoms with Crippen LogP contribution in [0.2, 0.25) is 5.02 Å². The van der Waals surface area contributed by atoms with E-state index < -0.39 is 6.10 Å². The van der Waals surface area contributed by atoms with Gasteiger partial charge in [-0.15, -0.1) is 0 Å². The number of halogens is 1. The van der Waals surface area contributed by atoms with Gasteiger partial charge in [-0.2, -0.15) is 0 Å². The van der Waals surface area contributed by atoms with Crippen molar-refractivity contribution in [2.45, 2.75) is 12.7 Å². The molecule has 2 aliphatic rings. The minimum atomic E-state index is -0.508. The molecule has 0 amide bonds. The molecule has 1 fully saturated rings. The minimum Gasteiger partial charge on any atom is -0.454 e. The summed E-state index contributed by atoms with van der Waals surface area (Å²) >= 11 is 6.08. The van der Waals surface area contributed by atoms with Gasteiger partial charge in [0, 0.05) is 43.4 Å². The molecule has 1 N–H and O–H groups in total. The summed E-state index contributed by atoms with van der Waals surface area (Å²) in [5, 5.41) is 11.1. The normalized spacial score (nSPS) is 17.7. The summed E-state index contributed by atoms with van der Waals surface area (Å²) in [6.07, 6.45) is -0.508. The van der Waals surface area contributed by atoms with Gasteiger partial charge in [0.1, 0.15) is 0 Å². The van der Waals surface area contributed by atoms with Gasteiger partial charge in [-0.05, 0) is 35.9 Å². The Labute approximate surface area is 170 Å². The number of ether oxygens (including phenoxy) is 3. The Hall–Kier alpha value is -1.99. The van der Waals surface area contributed by atoms with Gasteiger partial charge in [0.15, 0.2) is 11.5 Å². The first-order valence-electron chi connectivity index (χ1n) is 9.54. The van der Waals surface area contributed by atoms with Crippen molar-refractivity contribution in [1.29, 1.82) is 0 Å². The van der Waals surface area contributed by atoms with E-state index in [1.54, 1.807) is 0 Å². The molecule has 0 unspecified atom stereocenters. The van der Waals surface area contributed by atoms with Crippen LogP contribution in [-0.2, 0) is 11.3 Å². The summed E-state index contributed by atoms with van der Waals surface area (Å²) in [6, 6.07) is 13.7. The van der Waals surface area contributed by atoms with Crippen LogP contribution in [0, 0.1) is 0 Å². The molecule has 1 saturated heterocycles. The van der Waals surface area contributed by atoms with Gasteiger partial charge >= 0.3 is 0 Å². The van der Waals surface area contributed by atoms with Crippen LogP contribution in [0.15, 0.2) is 42.5 Å². The highest BCUT2D eigenvalue weighted by atomic mass is 35.5. The maximum Gasteiger partial charge on any atom is 0.231 e. The predicted molar refractivity (Wildman–Crippen MR) is 108 cm³/mol. The summed E-state index contributed by atoms with van der Waals surface area (Å²) in [7, 11) is 0. The zero-order valence-electron chi connectivity index (χ0n) is 15.7. The van der Waals surface area contributed by atoms with Crippen LogP contribution in [0.5, 0.6) is 11.5 Å². The number of nitrogens with zero attached hydrogens (tertiary/aromatic N) is 2. The second-order valence-corrected chi connectivity index (χ2v) is 7.56. The van der Waals surface area contributed by atoms with Crippen LogP contribution in [-0.4, -0.2) is 62.2 Å². The van der Waals surface area contributed by atoms with Crippen LogP contribution in [0.4, 0.5) is 5.69 Å². The molecular weight excluding hydrogens is 380 g/mol. The van der Waals surface area contributed by atoms with Gasteiger partial charge < -0.3 is 24.2 Å². The Morgan fingerprint density at radius 1 is 1.04 bits per heavy atom. The summed E-state index contributed by atoms with van der Waals surface area (Å²) in [4.78, 5) is 4.60. The van der Waals surface area contributed by atoms with Gasteiger partial charge in [0.25, 0.3) is 0 Å². The molecule has 1 atom stereocenters. The standard InChI is InChI=1S/C21H25ClN2O4/c22-17-2-1-3-18(11-17)24-8-6-23(7-9-24)12-19(25)14-26-13-16-4-5-20-21(10-16)28-15-27-20/h1-5,10-11,19,25H,6-9,12-15H2/t19-/m1/s1. The van der Waals surface area contributed by atoms with Crippen molar-refractivity contribution in [2.24, 2.45) is 0 Å². The predicted octanol–water partition coefficient (Wildman–Crippen LogP) is 2.77. The number of aliphatic hydroxyl groups excluding tert-OH is 1. The zero-order chi connectivity index (χ0) is 19.3. The maximum atomic E-state index is 10.3. The third-order valence-electron chi connectivity index (χ3n) is 5.03. The monoisotopic (exact) mass is 404 g/mol. The zero-order valence-corrected chi connectivity index (χ0v) is 16.5. The Kier molecular flexibility index (Phi) is 6.22. The molecular formula is C21H25ClN2O4. The van der Waals surface area contributed by atoms with Gasteiger partial charge in [0.2, 0.25) is 6.79 Å². The molecule has 7 heteroatoms. The van der Waals surface area contributed by atoms with Crippen molar-refractivity contribution < 1.29 is 19.3 Å². The Balaban J connectivity index is 1.17. The van der Waals surface area contributed by atoms with Crippen molar-refractivity contribution in [3.05, 3.63) is 53.1 Å². The van der Waals surface area contributed by atoms with E-state index in [1.165, 1.54) is 0 Å². The molecule has 0 bridgehead atoms. The molecule has 0 radical (unpaired) electrons. The van der Waals surface area contributed by atoms with E-state index in [-0.39, 0.29) is 6.79 Å². The lowest BCUT2D eigenvalue weighted by Gasteiger charge is -2.36. The summed E-state index contributed by atoms with van der Waals surface area (Å²) in [5.74, 6) is 1.51. The van der Waals surface area contributed by atoms with E-state index in [4.69, 9.17) is 25.8 Å². The number of piperazine rings is 1. The molecule has 0 aromatic heterocycles. The molecule has 2 aromatic rings. The minimum absolute atomic E-state index is 0.267. The average molecular weight is 405 g/mol. The molecule has 150 valence electrons. The molecule has 6 nitrogen and oxygen atoms in total. The van der Waals surface area contributed by atoms with Crippen molar-refractivity contribution in [1.82, 2.24) is 4.90 Å². The van der Waals surface area contributed by atoms with E-state index in [9.17, 15) is 5.11 Å². The smallest absolute Gasteiger partial charge is 0.231 e. The molecule has 2 aliphatic heterocycles. The fourth-order valence-electron chi connectivity index (χ4n) is 3.56. The Bertz CT molecular complexity index is 796. The average Bonchev–Trinajstić information content (AvgIpc) is 3.16. The van der Waals surface area contributed by atoms with Crippen molar-refractivity contribution >= 4 is 17.3 Å². The number of benzene rings is 2. The van der Waals surface area contributed by atoms with Gasteiger partial charge in [-0.1, -0.05) is 23.7 Å². The second-order valence-electron chi connectivity index (χ2n) is 7.12. The number of aliphatic hydroxyl groups is 1.